The van der Waals surface area contributed by atoms with E-state index in [1.165, 1.54) is 6.42 Å². The summed E-state index contributed by atoms with van der Waals surface area (Å²) in [5.41, 5.74) is 0. The Morgan fingerprint density at radius 1 is 1.75 bits per heavy atom. The van der Waals surface area contributed by atoms with Crippen LogP contribution in [0.3, 0.4) is 0 Å². The van der Waals surface area contributed by atoms with Gasteiger partial charge < -0.3 is 9.88 Å². The van der Waals surface area contributed by atoms with Crippen LogP contribution in [-0.2, 0) is 0 Å². The third-order valence-electron chi connectivity index (χ3n) is 2.43. The Balaban J connectivity index is 2.14. The van der Waals surface area contributed by atoms with Gasteiger partial charge in [0, 0.05) is 25.0 Å². The highest BCUT2D eigenvalue weighted by Gasteiger charge is 2.35. The Morgan fingerprint density at radius 3 is 3.08 bits per heavy atom. The van der Waals surface area contributed by atoms with E-state index in [9.17, 15) is 0 Å². The standard InChI is InChI=1S/C9H15N3/c1-3-10-9-11-4-5-12(9)8-6-7(8)2/h4-5,7-8H,3,6H2,1-2H3,(H,10,11). The van der Waals surface area contributed by atoms with Crippen LogP contribution >= 0.6 is 0 Å². The van der Waals surface area contributed by atoms with E-state index in [2.05, 4.69) is 34.9 Å². The molecule has 1 aliphatic rings. The van der Waals surface area contributed by atoms with Gasteiger partial charge >= 0.3 is 0 Å². The zero-order valence-corrected chi connectivity index (χ0v) is 7.62. The van der Waals surface area contributed by atoms with Crippen molar-refractivity contribution >= 4 is 5.95 Å². The molecule has 0 aromatic carbocycles. The van der Waals surface area contributed by atoms with Gasteiger partial charge in [0.15, 0.2) is 0 Å². The summed E-state index contributed by atoms with van der Waals surface area (Å²) in [5, 5.41) is 3.25. The van der Waals surface area contributed by atoms with Crippen molar-refractivity contribution in [3.05, 3.63) is 12.4 Å². The SMILES string of the molecule is CCNc1nccn1C1CC1C. The monoisotopic (exact) mass is 165 g/mol. The third kappa shape index (κ3) is 1.19. The van der Waals surface area contributed by atoms with Crippen LogP contribution in [0.5, 0.6) is 0 Å². The van der Waals surface area contributed by atoms with E-state index < -0.39 is 0 Å². The van der Waals surface area contributed by atoms with E-state index in [4.69, 9.17) is 0 Å². The summed E-state index contributed by atoms with van der Waals surface area (Å²) < 4.78 is 2.24. The molecule has 1 aromatic heterocycles. The average Bonchev–Trinajstić information content (AvgIpc) is 2.62. The number of hydrogen-bond acceptors (Lipinski definition) is 2. The van der Waals surface area contributed by atoms with Gasteiger partial charge in [0.2, 0.25) is 5.95 Å². The molecule has 1 aliphatic carbocycles. The Kier molecular flexibility index (Phi) is 1.79. The van der Waals surface area contributed by atoms with E-state index in [1.54, 1.807) is 0 Å². The molecule has 0 saturated heterocycles. The van der Waals surface area contributed by atoms with Crippen LogP contribution in [0.1, 0.15) is 26.3 Å². The van der Waals surface area contributed by atoms with Crippen LogP contribution in [0.15, 0.2) is 12.4 Å². The van der Waals surface area contributed by atoms with Crippen molar-refractivity contribution in [2.24, 2.45) is 5.92 Å². The highest BCUT2D eigenvalue weighted by molar-refractivity contribution is 5.27. The van der Waals surface area contributed by atoms with Gasteiger partial charge in [-0.2, -0.15) is 0 Å². The molecule has 1 N–H and O–H groups in total. The largest absolute Gasteiger partial charge is 0.356 e. The number of nitrogens with zero attached hydrogens (tertiary/aromatic N) is 2. The van der Waals surface area contributed by atoms with Gasteiger partial charge in [-0.3, -0.25) is 0 Å². The highest BCUT2D eigenvalue weighted by Crippen LogP contribution is 2.43. The first-order valence-corrected chi connectivity index (χ1v) is 4.59. The van der Waals surface area contributed by atoms with E-state index in [-0.39, 0.29) is 0 Å². The molecule has 2 rings (SSSR count). The van der Waals surface area contributed by atoms with Crippen LogP contribution < -0.4 is 5.32 Å². The van der Waals surface area contributed by atoms with Gasteiger partial charge in [-0.25, -0.2) is 4.98 Å². The second-order valence-corrected chi connectivity index (χ2v) is 3.47. The lowest BCUT2D eigenvalue weighted by Crippen LogP contribution is -2.05. The fourth-order valence-corrected chi connectivity index (χ4v) is 1.57. The quantitative estimate of drug-likeness (QED) is 0.741. The molecule has 3 nitrogen and oxygen atoms in total. The molecule has 2 atom stereocenters. The third-order valence-corrected chi connectivity index (χ3v) is 2.43. The normalized spacial score (nSPS) is 27.2. The smallest absolute Gasteiger partial charge is 0.203 e. The molecule has 1 fully saturated rings. The second kappa shape index (κ2) is 2.81. The molecule has 0 bridgehead atoms. The minimum atomic E-state index is 0.696. The number of nitrogens with one attached hydrogen (secondary N) is 1. The maximum Gasteiger partial charge on any atom is 0.203 e. The summed E-state index contributed by atoms with van der Waals surface area (Å²) in [6, 6.07) is 0.696. The predicted molar refractivity (Wildman–Crippen MR) is 49.2 cm³/mol. The lowest BCUT2D eigenvalue weighted by molar-refractivity contribution is 0.689. The van der Waals surface area contributed by atoms with Crippen molar-refractivity contribution in [1.82, 2.24) is 9.55 Å². The first-order valence-electron chi connectivity index (χ1n) is 4.59. The van der Waals surface area contributed by atoms with E-state index in [1.807, 2.05) is 6.20 Å². The Morgan fingerprint density at radius 2 is 2.50 bits per heavy atom. The van der Waals surface area contributed by atoms with E-state index in [0.29, 0.717) is 6.04 Å². The summed E-state index contributed by atoms with van der Waals surface area (Å²) >= 11 is 0. The fraction of sp³-hybridized carbons (Fsp3) is 0.667. The second-order valence-electron chi connectivity index (χ2n) is 3.47. The molecule has 12 heavy (non-hydrogen) atoms. The molecular formula is C9H15N3. The molecule has 2 unspecified atom stereocenters. The fourth-order valence-electron chi connectivity index (χ4n) is 1.57. The van der Waals surface area contributed by atoms with Crippen LogP contribution in [0.2, 0.25) is 0 Å². The average molecular weight is 165 g/mol. The van der Waals surface area contributed by atoms with Gasteiger partial charge in [0.1, 0.15) is 0 Å². The van der Waals surface area contributed by atoms with E-state index >= 15 is 0 Å². The first-order chi connectivity index (χ1) is 5.83. The van der Waals surface area contributed by atoms with Crippen LogP contribution in [0, 0.1) is 5.92 Å². The maximum absolute atomic E-state index is 4.25. The zero-order valence-electron chi connectivity index (χ0n) is 7.62. The molecular weight excluding hydrogens is 150 g/mol. The van der Waals surface area contributed by atoms with Crippen molar-refractivity contribution in [1.29, 1.82) is 0 Å². The van der Waals surface area contributed by atoms with Crippen molar-refractivity contribution in [3.8, 4) is 0 Å². The molecule has 1 saturated carbocycles. The Hall–Kier alpha value is -0.990. The molecule has 1 aromatic rings. The minimum Gasteiger partial charge on any atom is -0.356 e. The molecule has 0 aliphatic heterocycles. The number of rotatable bonds is 3. The summed E-state index contributed by atoms with van der Waals surface area (Å²) in [5.74, 6) is 1.85. The molecule has 0 amide bonds. The molecule has 3 heteroatoms. The van der Waals surface area contributed by atoms with Crippen LogP contribution in [0.25, 0.3) is 0 Å². The van der Waals surface area contributed by atoms with E-state index in [0.717, 1.165) is 18.4 Å². The summed E-state index contributed by atoms with van der Waals surface area (Å²) in [4.78, 5) is 4.25. The lowest BCUT2D eigenvalue weighted by atomic mass is 10.5. The molecule has 66 valence electrons. The number of aromatic nitrogens is 2. The van der Waals surface area contributed by atoms with Crippen LogP contribution in [-0.4, -0.2) is 16.1 Å². The first kappa shape index (κ1) is 7.65. The molecule has 0 radical (unpaired) electrons. The van der Waals surface area contributed by atoms with Crippen LogP contribution in [0.4, 0.5) is 5.95 Å². The van der Waals surface area contributed by atoms with Gasteiger partial charge in [-0.15, -0.1) is 0 Å². The minimum absolute atomic E-state index is 0.696. The number of hydrogen-bond donors (Lipinski definition) is 1. The van der Waals surface area contributed by atoms with Gasteiger partial charge in [-0.1, -0.05) is 6.92 Å². The summed E-state index contributed by atoms with van der Waals surface area (Å²) in [6.45, 7) is 5.31. The summed E-state index contributed by atoms with van der Waals surface area (Å²) in [6.07, 6.45) is 5.23. The molecule has 1 heterocycles. The Labute approximate surface area is 72.8 Å². The zero-order chi connectivity index (χ0) is 8.55. The van der Waals surface area contributed by atoms with Crippen molar-refractivity contribution in [2.45, 2.75) is 26.3 Å². The number of imidazole rings is 1. The lowest BCUT2D eigenvalue weighted by Gasteiger charge is -2.06. The predicted octanol–water partition coefficient (Wildman–Crippen LogP) is 1.90. The molecule has 0 spiro atoms. The van der Waals surface area contributed by atoms with Gasteiger partial charge in [0.05, 0.1) is 0 Å². The topological polar surface area (TPSA) is 29.9 Å². The number of anilines is 1. The van der Waals surface area contributed by atoms with Gasteiger partial charge in [-0.05, 0) is 19.3 Å². The maximum atomic E-state index is 4.25. The Bertz CT molecular complexity index is 266. The summed E-state index contributed by atoms with van der Waals surface area (Å²) in [7, 11) is 0. The highest BCUT2D eigenvalue weighted by atomic mass is 15.2. The van der Waals surface area contributed by atoms with Crippen molar-refractivity contribution < 1.29 is 0 Å². The van der Waals surface area contributed by atoms with Crippen molar-refractivity contribution in [3.63, 3.8) is 0 Å². The van der Waals surface area contributed by atoms with Gasteiger partial charge in [0.25, 0.3) is 0 Å². The van der Waals surface area contributed by atoms with Crippen molar-refractivity contribution in [2.75, 3.05) is 11.9 Å².